The van der Waals surface area contributed by atoms with E-state index in [1.165, 1.54) is 13.5 Å². The van der Waals surface area contributed by atoms with Gasteiger partial charge in [0.1, 0.15) is 0 Å². The molecule has 1 aromatic carbocycles. The van der Waals surface area contributed by atoms with Crippen molar-refractivity contribution < 1.29 is 14.3 Å². The summed E-state index contributed by atoms with van der Waals surface area (Å²) in [6.07, 6.45) is 2.36. The summed E-state index contributed by atoms with van der Waals surface area (Å²) in [5.74, 6) is 0.0897. The molecule has 1 fully saturated rings. The molecule has 0 radical (unpaired) electrons. The summed E-state index contributed by atoms with van der Waals surface area (Å²) < 4.78 is 4.72. The topological polar surface area (TPSA) is 58.6 Å². The Morgan fingerprint density at radius 1 is 1.38 bits per heavy atom. The molecule has 114 valence electrons. The number of carbonyl (C=O) groups is 2. The Balaban J connectivity index is 1.98. The number of carbonyl (C=O) groups excluding carboxylic acids is 2. The van der Waals surface area contributed by atoms with Gasteiger partial charge in [-0.2, -0.15) is 0 Å². The number of nitrogens with one attached hydrogen (secondary N) is 1. The molecule has 1 saturated heterocycles. The summed E-state index contributed by atoms with van der Waals surface area (Å²) >= 11 is 0. The van der Waals surface area contributed by atoms with Gasteiger partial charge in [0, 0.05) is 6.54 Å². The molecule has 0 spiro atoms. The van der Waals surface area contributed by atoms with Gasteiger partial charge in [0.25, 0.3) is 0 Å². The molecule has 1 atom stereocenters. The van der Waals surface area contributed by atoms with Crippen LogP contribution in [-0.2, 0) is 9.53 Å². The number of piperidine rings is 1. The number of para-hydroxylation sites is 1. The molecule has 1 amide bonds. The van der Waals surface area contributed by atoms with Crippen molar-refractivity contribution in [3.8, 4) is 0 Å². The third kappa shape index (κ3) is 4.29. The first kappa shape index (κ1) is 15.5. The van der Waals surface area contributed by atoms with Crippen LogP contribution < -0.4 is 5.32 Å². The maximum absolute atomic E-state index is 12.1. The molecule has 0 bridgehead atoms. The van der Waals surface area contributed by atoms with Gasteiger partial charge < -0.3 is 10.1 Å². The van der Waals surface area contributed by atoms with Crippen LogP contribution >= 0.6 is 0 Å². The maximum atomic E-state index is 12.1. The van der Waals surface area contributed by atoms with Crippen molar-refractivity contribution in [2.45, 2.75) is 19.8 Å². The highest BCUT2D eigenvalue weighted by Gasteiger charge is 2.19. The van der Waals surface area contributed by atoms with Gasteiger partial charge in [0.05, 0.1) is 24.9 Å². The van der Waals surface area contributed by atoms with Crippen LogP contribution in [0.5, 0.6) is 0 Å². The quantitative estimate of drug-likeness (QED) is 0.863. The van der Waals surface area contributed by atoms with Crippen molar-refractivity contribution in [3.63, 3.8) is 0 Å². The van der Waals surface area contributed by atoms with E-state index in [-0.39, 0.29) is 5.91 Å². The smallest absolute Gasteiger partial charge is 0.339 e. The highest BCUT2D eigenvalue weighted by molar-refractivity contribution is 6.01. The summed E-state index contributed by atoms with van der Waals surface area (Å²) in [6, 6.07) is 6.88. The molecule has 1 heterocycles. The maximum Gasteiger partial charge on any atom is 0.339 e. The number of hydrogen-bond donors (Lipinski definition) is 1. The second kappa shape index (κ2) is 7.22. The summed E-state index contributed by atoms with van der Waals surface area (Å²) in [5.41, 5.74) is 0.875. The monoisotopic (exact) mass is 290 g/mol. The van der Waals surface area contributed by atoms with Crippen LogP contribution in [0.15, 0.2) is 24.3 Å². The van der Waals surface area contributed by atoms with E-state index >= 15 is 0 Å². The lowest BCUT2D eigenvalue weighted by atomic mass is 10.0. The molecular formula is C16H22N2O3. The van der Waals surface area contributed by atoms with Gasteiger partial charge in [-0.15, -0.1) is 0 Å². The number of esters is 1. The van der Waals surface area contributed by atoms with Crippen LogP contribution in [0.3, 0.4) is 0 Å². The Morgan fingerprint density at radius 2 is 2.14 bits per heavy atom. The van der Waals surface area contributed by atoms with E-state index in [4.69, 9.17) is 4.74 Å². The molecule has 0 aromatic heterocycles. The Bertz CT molecular complexity index is 516. The van der Waals surface area contributed by atoms with E-state index in [1.807, 2.05) is 0 Å². The van der Waals surface area contributed by atoms with Crippen LogP contribution in [0.25, 0.3) is 0 Å². The van der Waals surface area contributed by atoms with E-state index < -0.39 is 5.97 Å². The highest BCUT2D eigenvalue weighted by atomic mass is 16.5. The normalized spacial score (nSPS) is 19.0. The summed E-state index contributed by atoms with van der Waals surface area (Å²) in [6.45, 7) is 4.47. The summed E-state index contributed by atoms with van der Waals surface area (Å²) in [5, 5.41) is 2.81. The van der Waals surface area contributed by atoms with Gasteiger partial charge in [0.2, 0.25) is 5.91 Å². The van der Waals surface area contributed by atoms with E-state index in [0.29, 0.717) is 23.7 Å². The minimum atomic E-state index is -0.447. The van der Waals surface area contributed by atoms with Crippen LogP contribution in [0.2, 0.25) is 0 Å². The first-order chi connectivity index (χ1) is 10.1. The lowest BCUT2D eigenvalue weighted by molar-refractivity contribution is -0.117. The van der Waals surface area contributed by atoms with Gasteiger partial charge >= 0.3 is 5.97 Å². The number of rotatable bonds is 4. The molecule has 21 heavy (non-hydrogen) atoms. The van der Waals surface area contributed by atoms with Gasteiger partial charge in [0.15, 0.2) is 0 Å². The fourth-order valence-electron chi connectivity index (χ4n) is 2.70. The minimum absolute atomic E-state index is 0.0968. The Hall–Kier alpha value is -1.88. The zero-order valence-electron chi connectivity index (χ0n) is 12.6. The van der Waals surface area contributed by atoms with Gasteiger partial charge in [-0.3, -0.25) is 9.69 Å². The van der Waals surface area contributed by atoms with Crippen molar-refractivity contribution >= 4 is 17.6 Å². The summed E-state index contributed by atoms with van der Waals surface area (Å²) in [4.78, 5) is 26.0. The molecule has 0 saturated carbocycles. The summed E-state index contributed by atoms with van der Waals surface area (Å²) in [7, 11) is 1.33. The second-order valence-corrected chi connectivity index (χ2v) is 5.57. The molecule has 2 rings (SSSR count). The number of benzene rings is 1. The zero-order chi connectivity index (χ0) is 15.2. The molecule has 0 aliphatic carbocycles. The van der Waals surface area contributed by atoms with Gasteiger partial charge in [-0.25, -0.2) is 4.79 Å². The third-order valence-corrected chi connectivity index (χ3v) is 3.71. The van der Waals surface area contributed by atoms with E-state index in [1.54, 1.807) is 24.3 Å². The van der Waals surface area contributed by atoms with Crippen LogP contribution in [-0.4, -0.2) is 43.5 Å². The SMILES string of the molecule is COC(=O)c1ccccc1NC(=O)CN1CCC[C@H](C)C1. The lowest BCUT2D eigenvalue weighted by Crippen LogP contribution is -2.39. The fraction of sp³-hybridized carbons (Fsp3) is 0.500. The van der Waals surface area contributed by atoms with Crippen molar-refractivity contribution in [3.05, 3.63) is 29.8 Å². The first-order valence-electron chi connectivity index (χ1n) is 7.29. The van der Waals surface area contributed by atoms with E-state index in [0.717, 1.165) is 19.5 Å². The van der Waals surface area contributed by atoms with Crippen molar-refractivity contribution in [2.75, 3.05) is 32.1 Å². The average Bonchev–Trinajstić information content (AvgIpc) is 2.47. The minimum Gasteiger partial charge on any atom is -0.465 e. The number of methoxy groups -OCH3 is 1. The van der Waals surface area contributed by atoms with Crippen molar-refractivity contribution in [1.82, 2.24) is 4.90 Å². The van der Waals surface area contributed by atoms with Gasteiger partial charge in [-0.1, -0.05) is 19.1 Å². The number of nitrogens with zero attached hydrogens (tertiary/aromatic N) is 1. The van der Waals surface area contributed by atoms with Crippen LogP contribution in [0, 0.1) is 5.92 Å². The van der Waals surface area contributed by atoms with E-state index in [9.17, 15) is 9.59 Å². The molecule has 5 heteroatoms. The highest BCUT2D eigenvalue weighted by Crippen LogP contribution is 2.17. The predicted octanol–water partition coefficient (Wildman–Crippen LogP) is 2.14. The number of ether oxygens (including phenoxy) is 1. The Kier molecular flexibility index (Phi) is 5.33. The van der Waals surface area contributed by atoms with Gasteiger partial charge in [-0.05, 0) is 37.4 Å². The number of hydrogen-bond acceptors (Lipinski definition) is 4. The molecule has 1 aliphatic heterocycles. The molecule has 1 aliphatic rings. The Morgan fingerprint density at radius 3 is 2.86 bits per heavy atom. The second-order valence-electron chi connectivity index (χ2n) is 5.57. The molecular weight excluding hydrogens is 268 g/mol. The number of anilines is 1. The van der Waals surface area contributed by atoms with Crippen LogP contribution in [0.1, 0.15) is 30.1 Å². The lowest BCUT2D eigenvalue weighted by Gasteiger charge is -2.30. The predicted molar refractivity (Wildman–Crippen MR) is 81.2 cm³/mol. The average molecular weight is 290 g/mol. The van der Waals surface area contributed by atoms with Crippen molar-refractivity contribution in [2.24, 2.45) is 5.92 Å². The van der Waals surface area contributed by atoms with Crippen molar-refractivity contribution in [1.29, 1.82) is 0 Å². The molecule has 1 N–H and O–H groups in total. The molecule has 5 nitrogen and oxygen atoms in total. The fourth-order valence-corrected chi connectivity index (χ4v) is 2.70. The largest absolute Gasteiger partial charge is 0.465 e. The van der Waals surface area contributed by atoms with Crippen LogP contribution in [0.4, 0.5) is 5.69 Å². The molecule has 0 unspecified atom stereocenters. The zero-order valence-corrected chi connectivity index (χ0v) is 12.6. The number of amides is 1. The Labute approximate surface area is 125 Å². The number of likely N-dealkylation sites (tertiary alicyclic amines) is 1. The first-order valence-corrected chi connectivity index (χ1v) is 7.29. The standard InChI is InChI=1S/C16H22N2O3/c1-12-6-5-9-18(10-12)11-15(19)17-14-8-4-3-7-13(14)16(20)21-2/h3-4,7-8,12H,5-6,9-11H2,1-2H3,(H,17,19)/t12-/m0/s1. The third-order valence-electron chi connectivity index (χ3n) is 3.71. The van der Waals surface area contributed by atoms with E-state index in [2.05, 4.69) is 17.1 Å². The molecule has 1 aromatic rings.